The average Bonchev–Trinajstić information content (AvgIpc) is 3.16. The molecule has 1 amide bonds. The number of rotatable bonds is 4. The van der Waals surface area contributed by atoms with E-state index in [2.05, 4.69) is 36.3 Å². The molecule has 0 saturated heterocycles. The van der Waals surface area contributed by atoms with Gasteiger partial charge in [0.15, 0.2) is 0 Å². The largest absolute Gasteiger partial charge is 0.349 e. The second kappa shape index (κ2) is 5.47. The van der Waals surface area contributed by atoms with Crippen LogP contribution in [0.5, 0.6) is 0 Å². The van der Waals surface area contributed by atoms with Gasteiger partial charge < -0.3 is 5.32 Å². The molecule has 1 saturated carbocycles. The lowest BCUT2D eigenvalue weighted by atomic mass is 10.1. The molecule has 3 rings (SSSR count). The first kappa shape index (κ1) is 14.1. The topological polar surface area (TPSA) is 42.0 Å². The lowest BCUT2D eigenvalue weighted by Crippen LogP contribution is -2.27. The van der Waals surface area contributed by atoms with Crippen LogP contribution in [0.4, 0.5) is 0 Å². The van der Waals surface area contributed by atoms with Crippen molar-refractivity contribution in [1.82, 2.24) is 10.3 Å². The van der Waals surface area contributed by atoms with Crippen LogP contribution in [0.15, 0.2) is 24.3 Å². The third kappa shape index (κ3) is 2.92. The van der Waals surface area contributed by atoms with Crippen molar-refractivity contribution >= 4 is 16.8 Å². The molecule has 0 unspecified atom stereocenters. The van der Waals surface area contributed by atoms with Gasteiger partial charge >= 0.3 is 0 Å². The SMILES string of the molecule is CCC[C@@H]1C[C@H]1NC(=O)c1cc2ccc(C)cc2nc1C. The highest BCUT2D eigenvalue weighted by Crippen LogP contribution is 2.34. The number of nitrogens with one attached hydrogen (secondary N) is 1. The first-order valence-electron chi connectivity index (χ1n) is 7.77. The van der Waals surface area contributed by atoms with Crippen LogP contribution < -0.4 is 5.32 Å². The minimum atomic E-state index is 0.0195. The fourth-order valence-electron chi connectivity index (χ4n) is 2.96. The van der Waals surface area contributed by atoms with Gasteiger partial charge in [0.2, 0.25) is 0 Å². The number of benzene rings is 1. The Morgan fingerprint density at radius 2 is 2.14 bits per heavy atom. The van der Waals surface area contributed by atoms with E-state index in [0.717, 1.165) is 23.0 Å². The van der Waals surface area contributed by atoms with Gasteiger partial charge in [-0.1, -0.05) is 25.5 Å². The molecule has 2 aromatic rings. The van der Waals surface area contributed by atoms with Gasteiger partial charge in [0, 0.05) is 11.4 Å². The van der Waals surface area contributed by atoms with E-state index < -0.39 is 0 Å². The van der Waals surface area contributed by atoms with Crippen molar-refractivity contribution < 1.29 is 4.79 Å². The number of aromatic nitrogens is 1. The number of carbonyl (C=O) groups excluding carboxylic acids is 1. The maximum atomic E-state index is 12.4. The van der Waals surface area contributed by atoms with Crippen molar-refractivity contribution in [3.05, 3.63) is 41.1 Å². The minimum absolute atomic E-state index is 0.0195. The van der Waals surface area contributed by atoms with E-state index in [1.807, 2.05) is 19.1 Å². The summed E-state index contributed by atoms with van der Waals surface area (Å²) in [6, 6.07) is 8.47. The molecule has 21 heavy (non-hydrogen) atoms. The summed E-state index contributed by atoms with van der Waals surface area (Å²) in [6.07, 6.45) is 3.52. The lowest BCUT2D eigenvalue weighted by molar-refractivity contribution is 0.0948. The van der Waals surface area contributed by atoms with Gasteiger partial charge in [0.05, 0.1) is 16.8 Å². The molecule has 1 aliphatic rings. The fourth-order valence-corrected chi connectivity index (χ4v) is 2.96. The molecule has 0 spiro atoms. The number of nitrogens with zero attached hydrogens (tertiary/aromatic N) is 1. The van der Waals surface area contributed by atoms with E-state index in [1.165, 1.54) is 18.4 Å². The predicted octanol–water partition coefficient (Wildman–Crippen LogP) is 3.77. The van der Waals surface area contributed by atoms with Crippen molar-refractivity contribution in [3.63, 3.8) is 0 Å². The maximum absolute atomic E-state index is 12.4. The Morgan fingerprint density at radius 1 is 1.33 bits per heavy atom. The molecule has 2 atom stereocenters. The third-order valence-electron chi connectivity index (χ3n) is 4.31. The molecule has 0 aliphatic heterocycles. The predicted molar refractivity (Wildman–Crippen MR) is 85.5 cm³/mol. The highest BCUT2D eigenvalue weighted by Gasteiger charge is 2.37. The summed E-state index contributed by atoms with van der Waals surface area (Å²) in [5.41, 5.74) is 3.65. The zero-order valence-electron chi connectivity index (χ0n) is 12.9. The van der Waals surface area contributed by atoms with E-state index in [1.54, 1.807) is 0 Å². The summed E-state index contributed by atoms with van der Waals surface area (Å²) >= 11 is 0. The zero-order chi connectivity index (χ0) is 15.0. The van der Waals surface area contributed by atoms with E-state index in [9.17, 15) is 4.79 Å². The van der Waals surface area contributed by atoms with Crippen LogP contribution in [-0.2, 0) is 0 Å². The number of carbonyl (C=O) groups is 1. The monoisotopic (exact) mass is 282 g/mol. The Balaban J connectivity index is 1.81. The molecule has 1 heterocycles. The smallest absolute Gasteiger partial charge is 0.253 e. The highest BCUT2D eigenvalue weighted by atomic mass is 16.1. The molecular formula is C18H22N2O. The number of pyridine rings is 1. The van der Waals surface area contributed by atoms with Crippen molar-refractivity contribution in [2.75, 3.05) is 0 Å². The molecule has 1 aromatic heterocycles. The molecule has 0 bridgehead atoms. The molecule has 110 valence electrons. The molecule has 1 aliphatic carbocycles. The van der Waals surface area contributed by atoms with Crippen LogP contribution in [0.25, 0.3) is 10.9 Å². The summed E-state index contributed by atoms with van der Waals surface area (Å²) in [7, 11) is 0. The summed E-state index contributed by atoms with van der Waals surface area (Å²) in [6.45, 7) is 6.15. The third-order valence-corrected chi connectivity index (χ3v) is 4.31. The van der Waals surface area contributed by atoms with Crippen LogP contribution in [0.1, 0.15) is 47.8 Å². The van der Waals surface area contributed by atoms with E-state index in [4.69, 9.17) is 0 Å². The second-order valence-electron chi connectivity index (χ2n) is 6.18. The number of amides is 1. The van der Waals surface area contributed by atoms with E-state index >= 15 is 0 Å². The summed E-state index contributed by atoms with van der Waals surface area (Å²) in [4.78, 5) is 17.0. The van der Waals surface area contributed by atoms with Crippen molar-refractivity contribution in [1.29, 1.82) is 0 Å². The normalized spacial score (nSPS) is 20.5. The Bertz CT molecular complexity index is 693. The highest BCUT2D eigenvalue weighted by molar-refractivity contribution is 5.99. The summed E-state index contributed by atoms with van der Waals surface area (Å²) in [5, 5.41) is 4.17. The quantitative estimate of drug-likeness (QED) is 0.927. The van der Waals surface area contributed by atoms with Crippen LogP contribution >= 0.6 is 0 Å². The number of hydrogen-bond acceptors (Lipinski definition) is 2. The van der Waals surface area contributed by atoms with Crippen molar-refractivity contribution in [3.8, 4) is 0 Å². The average molecular weight is 282 g/mol. The van der Waals surface area contributed by atoms with Gasteiger partial charge in [-0.25, -0.2) is 0 Å². The minimum Gasteiger partial charge on any atom is -0.349 e. The Hall–Kier alpha value is -1.90. The van der Waals surface area contributed by atoms with E-state index in [0.29, 0.717) is 17.5 Å². The molecule has 1 fully saturated rings. The van der Waals surface area contributed by atoms with Gasteiger partial charge in [0.1, 0.15) is 0 Å². The molecule has 1 aromatic carbocycles. The van der Waals surface area contributed by atoms with Crippen molar-refractivity contribution in [2.45, 2.75) is 46.1 Å². The van der Waals surface area contributed by atoms with Gasteiger partial charge in [-0.3, -0.25) is 9.78 Å². The first-order chi connectivity index (χ1) is 10.1. The van der Waals surface area contributed by atoms with Gasteiger partial charge in [-0.15, -0.1) is 0 Å². The fraction of sp³-hybridized carbons (Fsp3) is 0.444. The van der Waals surface area contributed by atoms with Crippen LogP contribution in [0, 0.1) is 19.8 Å². The molecule has 1 N–H and O–H groups in total. The Labute approximate surface area is 125 Å². The molecule has 3 heteroatoms. The second-order valence-corrected chi connectivity index (χ2v) is 6.18. The van der Waals surface area contributed by atoms with Crippen LogP contribution in [-0.4, -0.2) is 16.9 Å². The van der Waals surface area contributed by atoms with Crippen LogP contribution in [0.3, 0.4) is 0 Å². The molecule has 3 nitrogen and oxygen atoms in total. The molecule has 0 radical (unpaired) electrons. The zero-order valence-corrected chi connectivity index (χ0v) is 12.9. The van der Waals surface area contributed by atoms with Crippen LogP contribution in [0.2, 0.25) is 0 Å². The molecular weight excluding hydrogens is 260 g/mol. The van der Waals surface area contributed by atoms with Crippen molar-refractivity contribution in [2.24, 2.45) is 5.92 Å². The summed E-state index contributed by atoms with van der Waals surface area (Å²) in [5.74, 6) is 0.696. The first-order valence-corrected chi connectivity index (χ1v) is 7.77. The maximum Gasteiger partial charge on any atom is 0.253 e. The van der Waals surface area contributed by atoms with Gasteiger partial charge in [0.25, 0.3) is 5.91 Å². The van der Waals surface area contributed by atoms with Gasteiger partial charge in [-0.05, 0) is 50.3 Å². The Morgan fingerprint density at radius 3 is 2.90 bits per heavy atom. The standard InChI is InChI=1S/C18H22N2O/c1-4-5-13-10-17(13)20-18(21)15-9-14-7-6-11(2)8-16(14)19-12(15)3/h6-9,13,17H,4-5,10H2,1-3H3,(H,20,21)/t13-,17-/m1/s1. The Kier molecular flexibility index (Phi) is 3.66. The van der Waals surface area contributed by atoms with Gasteiger partial charge in [-0.2, -0.15) is 0 Å². The number of fused-ring (bicyclic) bond motifs is 1. The summed E-state index contributed by atoms with van der Waals surface area (Å²) < 4.78 is 0. The van der Waals surface area contributed by atoms with E-state index in [-0.39, 0.29) is 5.91 Å². The lowest BCUT2D eigenvalue weighted by Gasteiger charge is -2.09. The number of hydrogen-bond donors (Lipinski definition) is 1. The number of aryl methyl sites for hydroxylation is 2.